The molecule has 0 unspecified atom stereocenters. The molecule has 9 nitrogen and oxygen atoms in total. The Hall–Kier alpha value is -2.85. The monoisotopic (exact) mass is 470 g/mol. The van der Waals surface area contributed by atoms with Crippen molar-refractivity contribution in [1.82, 2.24) is 29.7 Å². The summed E-state index contributed by atoms with van der Waals surface area (Å²) in [7, 11) is 0. The molecule has 3 aromatic rings. The zero-order chi connectivity index (χ0) is 23.8. The van der Waals surface area contributed by atoms with Crippen LogP contribution in [-0.4, -0.2) is 80.1 Å². The SMILES string of the molecule is CC(C)c1nn(-c2noc(C[C@H]3CCN(C[C@H]4CCN(C(=O)CO)C4)C3)n2)c2c(F)cccc12. The normalized spacial score (nSPS) is 21.4. The van der Waals surface area contributed by atoms with Crippen molar-refractivity contribution in [3.8, 4) is 5.95 Å². The van der Waals surface area contributed by atoms with E-state index in [1.807, 2.05) is 19.9 Å². The molecule has 1 amide bonds. The summed E-state index contributed by atoms with van der Waals surface area (Å²) in [6.07, 6.45) is 2.69. The molecular weight excluding hydrogens is 439 g/mol. The van der Waals surface area contributed by atoms with E-state index in [1.54, 1.807) is 11.0 Å². The lowest BCUT2D eigenvalue weighted by Crippen LogP contribution is -2.33. The van der Waals surface area contributed by atoms with Gasteiger partial charge in [0.25, 0.3) is 5.95 Å². The molecule has 1 aromatic carbocycles. The molecule has 2 fully saturated rings. The molecule has 182 valence electrons. The second-order valence-corrected chi connectivity index (χ2v) is 9.85. The Morgan fingerprint density at radius 3 is 2.85 bits per heavy atom. The molecule has 0 radical (unpaired) electrons. The zero-order valence-corrected chi connectivity index (χ0v) is 19.7. The molecule has 2 atom stereocenters. The maximum atomic E-state index is 14.7. The number of aliphatic hydroxyl groups excluding tert-OH is 1. The van der Waals surface area contributed by atoms with Crippen LogP contribution in [0.3, 0.4) is 0 Å². The van der Waals surface area contributed by atoms with Gasteiger partial charge in [0.1, 0.15) is 17.9 Å². The van der Waals surface area contributed by atoms with Gasteiger partial charge in [0.2, 0.25) is 11.8 Å². The number of para-hydroxylation sites is 1. The first kappa shape index (κ1) is 22.9. The van der Waals surface area contributed by atoms with Crippen molar-refractivity contribution in [2.75, 3.05) is 39.3 Å². The summed E-state index contributed by atoms with van der Waals surface area (Å²) in [5, 5.41) is 18.5. The number of halogens is 1. The van der Waals surface area contributed by atoms with E-state index in [1.165, 1.54) is 10.7 Å². The fraction of sp³-hybridized carbons (Fsp3) is 0.583. The van der Waals surface area contributed by atoms with Crippen molar-refractivity contribution in [1.29, 1.82) is 0 Å². The van der Waals surface area contributed by atoms with E-state index in [4.69, 9.17) is 9.63 Å². The summed E-state index contributed by atoms with van der Waals surface area (Å²) in [4.78, 5) is 20.4. The summed E-state index contributed by atoms with van der Waals surface area (Å²) in [6.45, 7) is 7.99. The number of amides is 1. The number of hydrogen-bond donors (Lipinski definition) is 1. The third kappa shape index (κ3) is 4.44. The van der Waals surface area contributed by atoms with Crippen LogP contribution in [0.2, 0.25) is 0 Å². The van der Waals surface area contributed by atoms with E-state index in [0.717, 1.165) is 56.6 Å². The summed E-state index contributed by atoms with van der Waals surface area (Å²) in [5.41, 5.74) is 1.18. The Labute approximate surface area is 197 Å². The first-order valence-electron chi connectivity index (χ1n) is 12.0. The molecular formula is C24H31FN6O3. The highest BCUT2D eigenvalue weighted by Gasteiger charge is 2.31. The van der Waals surface area contributed by atoms with Crippen LogP contribution in [0.25, 0.3) is 16.9 Å². The van der Waals surface area contributed by atoms with Crippen LogP contribution in [0.15, 0.2) is 22.7 Å². The Morgan fingerprint density at radius 2 is 2.06 bits per heavy atom. The summed E-state index contributed by atoms with van der Waals surface area (Å²) < 4.78 is 21.6. The minimum Gasteiger partial charge on any atom is -0.387 e. The number of aromatic nitrogens is 4. The first-order valence-corrected chi connectivity index (χ1v) is 12.0. The van der Waals surface area contributed by atoms with Gasteiger partial charge in [-0.25, -0.2) is 4.39 Å². The Kier molecular flexibility index (Phi) is 6.35. The van der Waals surface area contributed by atoms with Crippen molar-refractivity contribution in [2.45, 2.75) is 39.0 Å². The third-order valence-electron chi connectivity index (χ3n) is 7.00. The number of hydrogen-bond acceptors (Lipinski definition) is 7. The molecule has 1 N–H and O–H groups in total. The average Bonchev–Trinajstić information content (AvgIpc) is 3.60. The van der Waals surface area contributed by atoms with Gasteiger partial charge < -0.3 is 19.4 Å². The van der Waals surface area contributed by atoms with Gasteiger partial charge >= 0.3 is 0 Å². The van der Waals surface area contributed by atoms with Crippen LogP contribution in [0.4, 0.5) is 4.39 Å². The van der Waals surface area contributed by atoms with Gasteiger partial charge in [0.15, 0.2) is 0 Å². The lowest BCUT2D eigenvalue weighted by molar-refractivity contribution is -0.133. The molecule has 5 rings (SSSR count). The Balaban J connectivity index is 1.23. The third-order valence-corrected chi connectivity index (χ3v) is 7.00. The molecule has 2 aliphatic heterocycles. The molecule has 0 saturated carbocycles. The minimum absolute atomic E-state index is 0.134. The maximum Gasteiger partial charge on any atom is 0.291 e. The van der Waals surface area contributed by atoms with Gasteiger partial charge in [0, 0.05) is 38.0 Å². The van der Waals surface area contributed by atoms with Crippen LogP contribution >= 0.6 is 0 Å². The highest BCUT2D eigenvalue weighted by molar-refractivity contribution is 5.84. The summed E-state index contributed by atoms with van der Waals surface area (Å²) in [6, 6.07) is 4.98. The van der Waals surface area contributed by atoms with Crippen molar-refractivity contribution in [3.63, 3.8) is 0 Å². The predicted molar refractivity (Wildman–Crippen MR) is 123 cm³/mol. The van der Waals surface area contributed by atoms with Crippen LogP contribution in [0.5, 0.6) is 0 Å². The largest absolute Gasteiger partial charge is 0.387 e. The number of rotatable bonds is 7. The van der Waals surface area contributed by atoms with E-state index in [0.29, 0.717) is 29.7 Å². The molecule has 2 aliphatic rings. The molecule has 0 bridgehead atoms. The van der Waals surface area contributed by atoms with Gasteiger partial charge in [-0.15, -0.1) is 0 Å². The summed E-state index contributed by atoms with van der Waals surface area (Å²) in [5.74, 6) is 1.24. The first-order chi connectivity index (χ1) is 16.4. The smallest absolute Gasteiger partial charge is 0.291 e. The molecule has 4 heterocycles. The van der Waals surface area contributed by atoms with E-state index < -0.39 is 6.61 Å². The number of fused-ring (bicyclic) bond motifs is 1. The van der Waals surface area contributed by atoms with E-state index in [9.17, 15) is 9.18 Å². The number of nitrogens with zero attached hydrogens (tertiary/aromatic N) is 6. The standard InChI is InChI=1S/C24H31FN6O3/c1-15(2)22-18-4-3-5-19(25)23(18)31(27-22)24-26-20(34-28-24)10-16-6-8-29(11-16)12-17-7-9-30(13-17)21(33)14-32/h3-5,15-17,32H,6-14H2,1-2H3/t16-,17-/m1/s1. The lowest BCUT2D eigenvalue weighted by Gasteiger charge is -2.21. The number of benzene rings is 1. The lowest BCUT2D eigenvalue weighted by atomic mass is 10.1. The van der Waals surface area contributed by atoms with Gasteiger partial charge in [-0.05, 0) is 48.4 Å². The van der Waals surface area contributed by atoms with Gasteiger partial charge in [-0.1, -0.05) is 26.0 Å². The zero-order valence-electron chi connectivity index (χ0n) is 19.7. The van der Waals surface area contributed by atoms with Crippen molar-refractivity contribution >= 4 is 16.8 Å². The number of aliphatic hydroxyl groups is 1. The highest BCUT2D eigenvalue weighted by Crippen LogP contribution is 2.29. The fourth-order valence-corrected chi connectivity index (χ4v) is 5.30. The quantitative estimate of drug-likeness (QED) is 0.566. The number of likely N-dealkylation sites (tertiary alicyclic amines) is 2. The average molecular weight is 471 g/mol. The second kappa shape index (κ2) is 9.42. The number of carbonyl (C=O) groups excluding carboxylic acids is 1. The minimum atomic E-state index is -0.412. The molecule has 2 aromatic heterocycles. The van der Waals surface area contributed by atoms with Gasteiger partial charge in [0.05, 0.1) is 5.69 Å². The Morgan fingerprint density at radius 1 is 1.24 bits per heavy atom. The molecule has 34 heavy (non-hydrogen) atoms. The summed E-state index contributed by atoms with van der Waals surface area (Å²) >= 11 is 0. The predicted octanol–water partition coefficient (Wildman–Crippen LogP) is 2.38. The second-order valence-electron chi connectivity index (χ2n) is 9.85. The number of carbonyl (C=O) groups is 1. The molecule has 0 spiro atoms. The maximum absolute atomic E-state index is 14.7. The van der Waals surface area contributed by atoms with Crippen LogP contribution < -0.4 is 0 Å². The van der Waals surface area contributed by atoms with E-state index >= 15 is 0 Å². The van der Waals surface area contributed by atoms with E-state index in [-0.39, 0.29) is 23.6 Å². The van der Waals surface area contributed by atoms with Crippen molar-refractivity contribution < 1.29 is 18.8 Å². The Bertz CT molecular complexity index is 1170. The highest BCUT2D eigenvalue weighted by atomic mass is 19.1. The van der Waals surface area contributed by atoms with Gasteiger partial charge in [-0.2, -0.15) is 14.8 Å². The van der Waals surface area contributed by atoms with Crippen molar-refractivity contribution in [2.24, 2.45) is 11.8 Å². The van der Waals surface area contributed by atoms with Crippen molar-refractivity contribution in [3.05, 3.63) is 35.6 Å². The van der Waals surface area contributed by atoms with Crippen LogP contribution in [0, 0.1) is 17.7 Å². The molecule has 2 saturated heterocycles. The fourth-order valence-electron chi connectivity index (χ4n) is 5.30. The van der Waals surface area contributed by atoms with Crippen LogP contribution in [-0.2, 0) is 11.2 Å². The molecule has 0 aliphatic carbocycles. The van der Waals surface area contributed by atoms with E-state index in [2.05, 4.69) is 20.1 Å². The van der Waals surface area contributed by atoms with Gasteiger partial charge in [-0.3, -0.25) is 4.79 Å². The molecule has 10 heteroatoms. The van der Waals surface area contributed by atoms with Crippen LogP contribution in [0.1, 0.15) is 44.2 Å². The topological polar surface area (TPSA) is 101 Å².